The number of rotatable bonds is 2. The lowest BCUT2D eigenvalue weighted by Gasteiger charge is -2.69. The number of hydrogen-bond donors (Lipinski definition) is 3. The fourth-order valence-corrected chi connectivity index (χ4v) is 9.69. The summed E-state index contributed by atoms with van der Waals surface area (Å²) in [4.78, 5) is 26.0. The molecule has 1 aromatic heterocycles. The number of carbonyl (C=O) groups excluding carboxylic acids is 2. The number of methoxy groups -OCH3 is 1. The molecule has 0 radical (unpaired) electrons. The van der Waals surface area contributed by atoms with Crippen molar-refractivity contribution in [3.63, 3.8) is 0 Å². The zero-order valence-corrected chi connectivity index (χ0v) is 20.7. The van der Waals surface area contributed by atoms with E-state index in [-0.39, 0.29) is 24.2 Å². The standard InChI is InChI=1S/C27H34O8/c1-23-8-6-16(28)24(2,22(32)33-5)15(23)11-17(29)26(4)20(23)19(30)21(31)25(3)14(13-7-9-34-12-13)10-18-27(25,26)35-18/h6-9,12,14-15,17-21,29-31H,10-11H2,1-5H3. The van der Waals surface area contributed by atoms with Crippen LogP contribution in [0, 0.1) is 33.5 Å². The van der Waals surface area contributed by atoms with Crippen molar-refractivity contribution in [1.29, 1.82) is 0 Å². The van der Waals surface area contributed by atoms with E-state index in [1.807, 2.05) is 26.8 Å². The molecule has 8 heteroatoms. The lowest BCUT2D eigenvalue weighted by molar-refractivity contribution is -0.288. The molecule has 4 aliphatic carbocycles. The number of hydrogen-bond acceptors (Lipinski definition) is 8. The molecule has 4 fully saturated rings. The van der Waals surface area contributed by atoms with Gasteiger partial charge in [-0.3, -0.25) is 9.59 Å². The summed E-state index contributed by atoms with van der Waals surface area (Å²) in [6.45, 7) is 7.39. The second kappa shape index (κ2) is 6.65. The van der Waals surface area contributed by atoms with Gasteiger partial charge in [-0.05, 0) is 48.8 Å². The van der Waals surface area contributed by atoms with Gasteiger partial charge in [0.15, 0.2) is 5.78 Å². The highest BCUT2D eigenvalue weighted by Gasteiger charge is 2.90. The zero-order chi connectivity index (χ0) is 25.3. The second-order valence-corrected chi connectivity index (χ2v) is 12.2. The van der Waals surface area contributed by atoms with E-state index in [1.54, 1.807) is 25.5 Å². The molecular weight excluding hydrogens is 452 g/mol. The quantitative estimate of drug-likeness (QED) is 0.329. The van der Waals surface area contributed by atoms with E-state index in [0.717, 1.165) is 5.56 Å². The number of carbonyl (C=O) groups is 2. The summed E-state index contributed by atoms with van der Waals surface area (Å²) in [5.41, 5.74) is -4.16. The Kier molecular flexibility index (Phi) is 4.45. The minimum atomic E-state index is -1.51. The smallest absolute Gasteiger partial charge is 0.319 e. The number of esters is 1. The van der Waals surface area contributed by atoms with Crippen LogP contribution in [0.25, 0.3) is 0 Å². The third kappa shape index (κ3) is 2.22. The maximum Gasteiger partial charge on any atom is 0.319 e. The fraction of sp³-hybridized carbons (Fsp3) is 0.704. The Labute approximate surface area is 204 Å². The second-order valence-electron chi connectivity index (χ2n) is 12.2. The van der Waals surface area contributed by atoms with Crippen LogP contribution in [0.2, 0.25) is 0 Å². The normalized spacial score (nSPS) is 56.0. The van der Waals surface area contributed by atoms with Gasteiger partial charge in [0.1, 0.15) is 11.0 Å². The SMILES string of the molecule is COC(=O)C1(C)C(=O)C=CC2(C)C1CC(O)C1(C)C2C(O)C(O)C2(C)C(c3ccoc3)CC3OC321. The van der Waals surface area contributed by atoms with Crippen LogP contribution in [-0.4, -0.2) is 64.2 Å². The van der Waals surface area contributed by atoms with Gasteiger partial charge in [-0.25, -0.2) is 0 Å². The molecule has 5 aliphatic rings. The first-order valence-electron chi connectivity index (χ1n) is 12.4. The first kappa shape index (κ1) is 23.4. The molecule has 2 heterocycles. The average Bonchev–Trinajstić information content (AvgIpc) is 3.19. The van der Waals surface area contributed by atoms with Crippen molar-refractivity contribution in [3.8, 4) is 0 Å². The van der Waals surface area contributed by atoms with Crippen molar-refractivity contribution in [2.45, 2.75) is 76.5 Å². The van der Waals surface area contributed by atoms with Gasteiger partial charge < -0.3 is 29.2 Å². The molecule has 190 valence electrons. The molecule has 35 heavy (non-hydrogen) atoms. The van der Waals surface area contributed by atoms with Crippen LogP contribution in [-0.2, 0) is 19.1 Å². The van der Waals surface area contributed by atoms with E-state index in [0.29, 0.717) is 6.42 Å². The molecule has 0 bridgehead atoms. The molecular formula is C27H34O8. The highest BCUT2D eigenvalue weighted by Crippen LogP contribution is 2.82. The summed E-state index contributed by atoms with van der Waals surface area (Å²) < 4.78 is 16.9. The molecule has 0 amide bonds. The highest BCUT2D eigenvalue weighted by molar-refractivity contribution is 6.10. The highest BCUT2D eigenvalue weighted by atomic mass is 16.6. The summed E-state index contributed by atoms with van der Waals surface area (Å²) in [5, 5.41) is 35.6. The monoisotopic (exact) mass is 486 g/mol. The topological polar surface area (TPSA) is 130 Å². The molecule has 0 aromatic carbocycles. The molecule has 3 saturated carbocycles. The molecule has 1 aliphatic heterocycles. The third-order valence-corrected chi connectivity index (χ3v) is 11.4. The fourth-order valence-electron chi connectivity index (χ4n) is 9.69. The number of ether oxygens (including phenoxy) is 2. The Morgan fingerprint density at radius 2 is 1.83 bits per heavy atom. The van der Waals surface area contributed by atoms with Gasteiger partial charge in [-0.2, -0.15) is 0 Å². The predicted molar refractivity (Wildman–Crippen MR) is 122 cm³/mol. The van der Waals surface area contributed by atoms with Gasteiger partial charge in [0.2, 0.25) is 0 Å². The Morgan fingerprint density at radius 1 is 1.11 bits per heavy atom. The molecule has 12 atom stereocenters. The van der Waals surface area contributed by atoms with Gasteiger partial charge >= 0.3 is 5.97 Å². The molecule has 12 unspecified atom stereocenters. The molecule has 3 N–H and O–H groups in total. The van der Waals surface area contributed by atoms with Crippen LogP contribution >= 0.6 is 0 Å². The van der Waals surface area contributed by atoms with E-state index in [1.165, 1.54) is 13.2 Å². The summed E-state index contributed by atoms with van der Waals surface area (Å²) in [5.74, 6) is -2.46. The molecule has 6 rings (SSSR count). The number of furan rings is 1. The van der Waals surface area contributed by atoms with E-state index < -0.39 is 63.4 Å². The number of ketones is 1. The summed E-state index contributed by atoms with van der Waals surface area (Å²) in [7, 11) is 1.25. The number of allylic oxidation sites excluding steroid dienone is 2. The first-order valence-corrected chi connectivity index (χ1v) is 12.4. The lowest BCUT2D eigenvalue weighted by atomic mass is 9.35. The van der Waals surface area contributed by atoms with Crippen LogP contribution in [0.4, 0.5) is 0 Å². The minimum absolute atomic E-state index is 0.121. The summed E-state index contributed by atoms with van der Waals surface area (Å²) in [6, 6.07) is 1.88. The van der Waals surface area contributed by atoms with E-state index >= 15 is 0 Å². The summed E-state index contributed by atoms with van der Waals surface area (Å²) in [6.07, 6.45) is 3.70. The van der Waals surface area contributed by atoms with E-state index in [2.05, 4.69) is 0 Å². The van der Waals surface area contributed by atoms with E-state index in [9.17, 15) is 24.9 Å². The van der Waals surface area contributed by atoms with Gasteiger partial charge in [0.25, 0.3) is 0 Å². The van der Waals surface area contributed by atoms with Crippen LogP contribution in [0.1, 0.15) is 52.0 Å². The van der Waals surface area contributed by atoms with Crippen molar-refractivity contribution in [2.75, 3.05) is 7.11 Å². The number of aliphatic hydroxyl groups excluding tert-OH is 3. The number of fused-ring (bicyclic) bond motifs is 3. The van der Waals surface area contributed by atoms with Crippen molar-refractivity contribution < 1.29 is 38.8 Å². The molecule has 1 aromatic rings. The summed E-state index contributed by atoms with van der Waals surface area (Å²) >= 11 is 0. The minimum Gasteiger partial charge on any atom is -0.472 e. The Hall–Kier alpha value is -2.00. The van der Waals surface area contributed by atoms with Crippen LogP contribution in [0.15, 0.2) is 35.2 Å². The van der Waals surface area contributed by atoms with Crippen LogP contribution in [0.3, 0.4) is 0 Å². The van der Waals surface area contributed by atoms with Gasteiger partial charge in [0.05, 0.1) is 44.1 Å². The largest absolute Gasteiger partial charge is 0.472 e. The van der Waals surface area contributed by atoms with Crippen molar-refractivity contribution in [2.24, 2.45) is 33.5 Å². The van der Waals surface area contributed by atoms with Crippen molar-refractivity contribution in [1.82, 2.24) is 0 Å². The van der Waals surface area contributed by atoms with Crippen LogP contribution < -0.4 is 0 Å². The molecule has 8 nitrogen and oxygen atoms in total. The van der Waals surface area contributed by atoms with Gasteiger partial charge in [-0.15, -0.1) is 0 Å². The Bertz CT molecular complexity index is 1130. The van der Waals surface area contributed by atoms with E-state index in [4.69, 9.17) is 13.9 Å². The van der Waals surface area contributed by atoms with Crippen LogP contribution in [0.5, 0.6) is 0 Å². The number of aliphatic hydroxyl groups is 3. The van der Waals surface area contributed by atoms with Crippen molar-refractivity contribution >= 4 is 11.8 Å². The average molecular weight is 487 g/mol. The zero-order valence-electron chi connectivity index (χ0n) is 20.7. The molecule has 1 saturated heterocycles. The maximum absolute atomic E-state index is 13.1. The Balaban J connectivity index is 1.54. The third-order valence-electron chi connectivity index (χ3n) is 11.4. The Morgan fingerprint density at radius 3 is 2.46 bits per heavy atom. The van der Waals surface area contributed by atoms with Gasteiger partial charge in [0, 0.05) is 22.7 Å². The predicted octanol–water partition coefficient (Wildman–Crippen LogP) is 1.97. The van der Waals surface area contributed by atoms with Crippen molar-refractivity contribution in [3.05, 3.63) is 36.3 Å². The lowest BCUT2D eigenvalue weighted by Crippen LogP contribution is -2.77. The van der Waals surface area contributed by atoms with Gasteiger partial charge in [-0.1, -0.05) is 26.8 Å². The first-order chi connectivity index (χ1) is 16.4. The maximum atomic E-state index is 13.1. The number of epoxide rings is 1. The molecule has 1 spiro atoms.